The van der Waals surface area contributed by atoms with E-state index in [1.807, 2.05) is 40.1 Å². The molecule has 0 spiro atoms. The number of benzene rings is 2. The summed E-state index contributed by atoms with van der Waals surface area (Å²) in [6.07, 6.45) is -0.855. The quantitative estimate of drug-likeness (QED) is 0.401. The van der Waals surface area contributed by atoms with Crippen molar-refractivity contribution in [3.63, 3.8) is 0 Å². The van der Waals surface area contributed by atoms with Gasteiger partial charge in [0.25, 0.3) is 5.91 Å². The van der Waals surface area contributed by atoms with Crippen LogP contribution in [0.15, 0.2) is 54.7 Å². The van der Waals surface area contributed by atoms with E-state index >= 15 is 0 Å². The van der Waals surface area contributed by atoms with Crippen LogP contribution >= 0.6 is 11.6 Å². The first-order valence-electron chi connectivity index (χ1n) is 14.3. The lowest BCUT2D eigenvalue weighted by Crippen LogP contribution is -2.50. The number of alkyl halides is 3. The summed E-state index contributed by atoms with van der Waals surface area (Å²) in [4.78, 5) is 24.3. The molecule has 3 aliphatic rings. The number of morpholine rings is 1. The van der Waals surface area contributed by atoms with Crippen molar-refractivity contribution < 1.29 is 22.7 Å². The second kappa shape index (κ2) is 12.1. The second-order valence-corrected chi connectivity index (χ2v) is 11.4. The molecule has 0 unspecified atom stereocenters. The van der Waals surface area contributed by atoms with Gasteiger partial charge in [0.15, 0.2) is 0 Å². The highest BCUT2D eigenvalue weighted by Crippen LogP contribution is 2.37. The zero-order chi connectivity index (χ0) is 29.3. The molecule has 2 saturated heterocycles. The Bertz CT molecular complexity index is 1440. The summed E-state index contributed by atoms with van der Waals surface area (Å²) in [5.41, 5.74) is 2.33. The number of anilines is 2. The minimum atomic E-state index is -4.48. The van der Waals surface area contributed by atoms with Crippen LogP contribution in [0, 0.1) is 0 Å². The van der Waals surface area contributed by atoms with Gasteiger partial charge in [-0.15, -0.1) is 0 Å². The first-order chi connectivity index (χ1) is 20.3. The fourth-order valence-electron chi connectivity index (χ4n) is 6.15. The largest absolute Gasteiger partial charge is 0.416 e. The highest BCUT2D eigenvalue weighted by atomic mass is 35.5. The van der Waals surface area contributed by atoms with E-state index in [-0.39, 0.29) is 23.0 Å². The average molecular weight is 600 g/mol. The summed E-state index contributed by atoms with van der Waals surface area (Å²) >= 11 is 6.08. The van der Waals surface area contributed by atoms with Gasteiger partial charge in [0.05, 0.1) is 24.5 Å². The molecule has 7 nitrogen and oxygen atoms in total. The third kappa shape index (κ3) is 6.21. The monoisotopic (exact) mass is 599 g/mol. The van der Waals surface area contributed by atoms with Crippen molar-refractivity contribution in [3.05, 3.63) is 76.4 Å². The first-order valence-corrected chi connectivity index (χ1v) is 14.7. The van der Waals surface area contributed by atoms with E-state index in [0.29, 0.717) is 36.2 Å². The highest BCUT2D eigenvalue weighted by Gasteiger charge is 2.34. The van der Waals surface area contributed by atoms with Gasteiger partial charge in [-0.25, -0.2) is 4.98 Å². The Morgan fingerprint density at radius 3 is 2.55 bits per heavy atom. The maximum absolute atomic E-state index is 13.7. The predicted molar refractivity (Wildman–Crippen MR) is 157 cm³/mol. The molecule has 3 aliphatic heterocycles. The van der Waals surface area contributed by atoms with Crippen LogP contribution in [0.4, 0.5) is 24.7 Å². The lowest BCUT2D eigenvalue weighted by molar-refractivity contribution is -0.138. The van der Waals surface area contributed by atoms with E-state index in [0.717, 1.165) is 69.4 Å². The van der Waals surface area contributed by atoms with Crippen molar-refractivity contribution >= 4 is 29.0 Å². The number of nitrogens with zero attached hydrogens (tertiary/aromatic N) is 4. The number of halogens is 4. The van der Waals surface area contributed by atoms with Gasteiger partial charge in [-0.05, 0) is 60.4 Å². The van der Waals surface area contributed by atoms with Gasteiger partial charge in [-0.1, -0.05) is 23.7 Å². The average Bonchev–Trinajstić information content (AvgIpc) is 3.01. The van der Waals surface area contributed by atoms with Crippen molar-refractivity contribution in [1.82, 2.24) is 14.8 Å². The van der Waals surface area contributed by atoms with Gasteiger partial charge >= 0.3 is 6.18 Å². The number of likely N-dealkylation sites (tertiary alicyclic amines) is 1. The van der Waals surface area contributed by atoms with Crippen LogP contribution in [0.25, 0.3) is 11.1 Å². The van der Waals surface area contributed by atoms with Crippen molar-refractivity contribution in [2.75, 3.05) is 62.7 Å². The first kappa shape index (κ1) is 28.8. The van der Waals surface area contributed by atoms with Crippen LogP contribution in [-0.2, 0) is 17.5 Å². The number of pyridine rings is 1. The summed E-state index contributed by atoms with van der Waals surface area (Å²) in [6, 6.07) is 13.6. The van der Waals surface area contributed by atoms with E-state index in [4.69, 9.17) is 16.3 Å². The van der Waals surface area contributed by atoms with Crippen LogP contribution in [0.5, 0.6) is 0 Å². The molecular weight excluding hydrogens is 567 g/mol. The standard InChI is InChI=1S/C31H33ClF3N5O2/c32-25-4-5-27(31(33,34)35)24(17-25)20-40-11-8-36-29-28(40)18-23(19-37-29)21-2-1-3-22(16-21)30(41)39-9-6-26(7-10-39)38-12-14-42-15-13-38/h1-5,16-19,26H,6-15,20H2,(H,36,37). The zero-order valence-corrected chi connectivity index (χ0v) is 23.9. The predicted octanol–water partition coefficient (Wildman–Crippen LogP) is 5.79. The number of nitrogens with one attached hydrogen (secondary N) is 1. The van der Waals surface area contributed by atoms with Crippen molar-refractivity contribution in [1.29, 1.82) is 0 Å². The molecule has 2 aromatic carbocycles. The molecule has 42 heavy (non-hydrogen) atoms. The maximum Gasteiger partial charge on any atom is 0.416 e. The van der Waals surface area contributed by atoms with Crippen LogP contribution in [0.1, 0.15) is 34.3 Å². The Labute approximate surface area is 248 Å². The Morgan fingerprint density at radius 2 is 1.79 bits per heavy atom. The minimum absolute atomic E-state index is 0.00660. The molecule has 0 atom stereocenters. The van der Waals surface area contributed by atoms with Crippen molar-refractivity contribution in [2.45, 2.75) is 31.6 Å². The fraction of sp³-hybridized carbons (Fsp3) is 0.419. The van der Waals surface area contributed by atoms with Crippen molar-refractivity contribution in [2.24, 2.45) is 0 Å². The molecule has 1 N–H and O–H groups in total. The zero-order valence-electron chi connectivity index (χ0n) is 23.2. The van der Waals surface area contributed by atoms with Gasteiger partial charge in [0.1, 0.15) is 5.82 Å². The minimum Gasteiger partial charge on any atom is -0.379 e. The number of carbonyl (C=O) groups is 1. The summed E-state index contributed by atoms with van der Waals surface area (Å²) < 4.78 is 46.7. The third-order valence-corrected chi connectivity index (χ3v) is 8.61. The number of ether oxygens (including phenoxy) is 1. The Kier molecular flexibility index (Phi) is 8.29. The summed E-state index contributed by atoms with van der Waals surface area (Å²) in [5.74, 6) is 0.614. The number of rotatable bonds is 5. The number of piperidine rings is 1. The van der Waals surface area contributed by atoms with Gasteiger partial charge in [0.2, 0.25) is 0 Å². The van der Waals surface area contributed by atoms with E-state index in [1.165, 1.54) is 12.1 Å². The molecule has 0 bridgehead atoms. The normalized spacial score (nSPS) is 18.5. The van der Waals surface area contributed by atoms with Gasteiger partial charge in [-0.3, -0.25) is 9.69 Å². The summed E-state index contributed by atoms with van der Waals surface area (Å²) in [5, 5.41) is 3.50. The molecule has 4 heterocycles. The molecule has 0 aliphatic carbocycles. The maximum atomic E-state index is 13.7. The Hall–Kier alpha value is -3.34. The van der Waals surface area contributed by atoms with Crippen LogP contribution < -0.4 is 10.2 Å². The molecular formula is C31H33ClF3N5O2. The van der Waals surface area contributed by atoms with Crippen LogP contribution in [0.3, 0.4) is 0 Å². The molecule has 0 radical (unpaired) electrons. The molecule has 2 fully saturated rings. The highest BCUT2D eigenvalue weighted by molar-refractivity contribution is 6.30. The van der Waals surface area contributed by atoms with E-state index in [1.54, 1.807) is 6.20 Å². The summed E-state index contributed by atoms with van der Waals surface area (Å²) in [7, 11) is 0. The van der Waals surface area contributed by atoms with E-state index < -0.39 is 11.7 Å². The number of hydrogen-bond acceptors (Lipinski definition) is 6. The molecule has 6 rings (SSSR count). The molecule has 222 valence electrons. The van der Waals surface area contributed by atoms with Crippen molar-refractivity contribution in [3.8, 4) is 11.1 Å². The Morgan fingerprint density at radius 1 is 1.00 bits per heavy atom. The van der Waals surface area contributed by atoms with Gasteiger partial charge < -0.3 is 19.9 Å². The second-order valence-electron chi connectivity index (χ2n) is 11.0. The molecule has 11 heteroatoms. The van der Waals surface area contributed by atoms with Crippen LogP contribution in [-0.4, -0.2) is 79.2 Å². The number of fused-ring (bicyclic) bond motifs is 1. The third-order valence-electron chi connectivity index (χ3n) is 8.37. The lowest BCUT2D eigenvalue weighted by atomic mass is 10.00. The number of carbonyl (C=O) groups excluding carboxylic acids is 1. The van der Waals surface area contributed by atoms with Crippen LogP contribution in [0.2, 0.25) is 5.02 Å². The molecule has 1 aromatic heterocycles. The number of aromatic nitrogens is 1. The summed E-state index contributed by atoms with van der Waals surface area (Å²) in [6.45, 7) is 5.96. The molecule has 1 amide bonds. The molecule has 3 aromatic rings. The fourth-order valence-corrected chi connectivity index (χ4v) is 6.34. The smallest absolute Gasteiger partial charge is 0.379 e. The van der Waals surface area contributed by atoms with E-state index in [9.17, 15) is 18.0 Å². The van der Waals surface area contributed by atoms with Gasteiger partial charge in [-0.2, -0.15) is 13.2 Å². The SMILES string of the molecule is O=C(c1cccc(-c2cnc3c(c2)N(Cc2cc(Cl)ccc2C(F)(F)F)CCN3)c1)N1CCC(N2CCOCC2)CC1. The number of amides is 1. The number of hydrogen-bond donors (Lipinski definition) is 1. The topological polar surface area (TPSA) is 60.9 Å². The Balaban J connectivity index is 1.20. The molecule has 0 saturated carbocycles. The van der Waals surface area contributed by atoms with Gasteiger partial charge in [0, 0.05) is 74.2 Å². The lowest BCUT2D eigenvalue weighted by Gasteiger charge is -2.40. The van der Waals surface area contributed by atoms with E-state index in [2.05, 4.69) is 15.2 Å².